The Labute approximate surface area is 212 Å². The molecule has 2 unspecified atom stereocenters. The number of hydrogen-bond acceptors (Lipinski definition) is 6. The predicted molar refractivity (Wildman–Crippen MR) is 136 cm³/mol. The van der Waals surface area contributed by atoms with Crippen molar-refractivity contribution in [2.45, 2.75) is 44.2 Å². The number of methoxy groups -OCH3 is 3. The Morgan fingerprint density at radius 2 is 1.86 bits per heavy atom. The van der Waals surface area contributed by atoms with E-state index in [9.17, 15) is 9.59 Å². The van der Waals surface area contributed by atoms with Gasteiger partial charge in [0.15, 0.2) is 17.3 Å². The highest BCUT2D eigenvalue weighted by Crippen LogP contribution is 2.33. The molecule has 2 aliphatic rings. The molecule has 1 heterocycles. The quantitative estimate of drug-likeness (QED) is 0.537. The zero-order valence-corrected chi connectivity index (χ0v) is 21.1. The standard InChI is InChI=1S/C28H34N2O6/c1-33-21-8-6-7-20(15-21)17-26-28(32)30(22-9-4-5-10-23(22)36-26)18-27(31)29-14-13-19-11-12-24(34-2)25(16-19)35-3/h6-8,11-12,15-17,22-23H,4-5,9-10,13-14,18H2,1-3H3,(H,29,31)/b26-17-. The predicted octanol–water partition coefficient (Wildman–Crippen LogP) is 3.58. The van der Waals surface area contributed by atoms with Gasteiger partial charge in [0.1, 0.15) is 18.4 Å². The second-order valence-corrected chi connectivity index (χ2v) is 9.02. The summed E-state index contributed by atoms with van der Waals surface area (Å²) in [6.45, 7) is 0.457. The molecule has 1 N–H and O–H groups in total. The number of fused-ring (bicyclic) bond motifs is 1. The Morgan fingerprint density at radius 1 is 1.06 bits per heavy atom. The van der Waals surface area contributed by atoms with Crippen LogP contribution in [0.15, 0.2) is 48.2 Å². The van der Waals surface area contributed by atoms with Crippen molar-refractivity contribution >= 4 is 17.9 Å². The second-order valence-electron chi connectivity index (χ2n) is 9.02. The van der Waals surface area contributed by atoms with E-state index < -0.39 is 0 Å². The molecule has 8 heteroatoms. The molecule has 36 heavy (non-hydrogen) atoms. The normalized spacial score (nSPS) is 20.4. The first-order valence-electron chi connectivity index (χ1n) is 12.3. The fraction of sp³-hybridized carbons (Fsp3) is 0.429. The van der Waals surface area contributed by atoms with Crippen LogP contribution in [0.25, 0.3) is 6.08 Å². The topological polar surface area (TPSA) is 86.3 Å². The van der Waals surface area contributed by atoms with Crippen molar-refractivity contribution in [3.05, 3.63) is 59.4 Å². The third-order valence-corrected chi connectivity index (χ3v) is 6.71. The van der Waals surface area contributed by atoms with E-state index in [1.54, 1.807) is 32.3 Å². The minimum Gasteiger partial charge on any atom is -0.497 e. The van der Waals surface area contributed by atoms with Crippen LogP contribution >= 0.6 is 0 Å². The summed E-state index contributed by atoms with van der Waals surface area (Å²) < 4.78 is 22.1. The Morgan fingerprint density at radius 3 is 2.64 bits per heavy atom. The minimum absolute atomic E-state index is 0.00471. The molecule has 4 rings (SSSR count). The maximum Gasteiger partial charge on any atom is 0.289 e. The van der Waals surface area contributed by atoms with Crippen LogP contribution in [0.4, 0.5) is 0 Å². The van der Waals surface area contributed by atoms with Crippen LogP contribution in [0, 0.1) is 0 Å². The Balaban J connectivity index is 1.42. The number of rotatable bonds is 9. The second kappa shape index (κ2) is 11.8. The van der Waals surface area contributed by atoms with E-state index in [0.29, 0.717) is 30.2 Å². The lowest BCUT2D eigenvalue weighted by Crippen LogP contribution is -2.57. The Bertz CT molecular complexity index is 1110. The van der Waals surface area contributed by atoms with Crippen molar-refractivity contribution in [2.24, 2.45) is 0 Å². The van der Waals surface area contributed by atoms with Crippen LogP contribution in [0.1, 0.15) is 36.8 Å². The summed E-state index contributed by atoms with van der Waals surface area (Å²) in [4.78, 5) is 27.9. The number of nitrogens with one attached hydrogen (secondary N) is 1. The van der Waals surface area contributed by atoms with Crippen molar-refractivity contribution in [1.29, 1.82) is 0 Å². The summed E-state index contributed by atoms with van der Waals surface area (Å²) in [7, 11) is 4.80. The number of amides is 2. The van der Waals surface area contributed by atoms with Gasteiger partial charge in [0.05, 0.1) is 27.4 Å². The molecule has 0 spiro atoms. The number of hydrogen-bond donors (Lipinski definition) is 1. The lowest BCUT2D eigenvalue weighted by Gasteiger charge is -2.44. The first-order valence-corrected chi connectivity index (χ1v) is 12.3. The molecule has 2 atom stereocenters. The molecule has 0 radical (unpaired) electrons. The zero-order chi connectivity index (χ0) is 25.5. The molecule has 1 saturated heterocycles. The summed E-state index contributed by atoms with van der Waals surface area (Å²) >= 11 is 0. The summed E-state index contributed by atoms with van der Waals surface area (Å²) in [6, 6.07) is 13.1. The number of ether oxygens (including phenoxy) is 4. The molecule has 0 aromatic heterocycles. The van der Waals surface area contributed by atoms with Gasteiger partial charge in [-0.05, 0) is 67.2 Å². The fourth-order valence-corrected chi connectivity index (χ4v) is 4.84. The molecule has 1 saturated carbocycles. The molecule has 1 aliphatic carbocycles. The Kier molecular flexibility index (Phi) is 8.36. The highest BCUT2D eigenvalue weighted by atomic mass is 16.5. The zero-order valence-electron chi connectivity index (χ0n) is 21.1. The van der Waals surface area contributed by atoms with Gasteiger partial charge in [-0.2, -0.15) is 0 Å². The third-order valence-electron chi connectivity index (χ3n) is 6.71. The minimum atomic E-state index is -0.254. The number of benzene rings is 2. The SMILES string of the molecule is COc1cccc(/C=C2\OC3CCCCC3N(CC(=O)NCCc3ccc(OC)c(OC)c3)C2=O)c1. The van der Waals surface area contributed by atoms with Gasteiger partial charge in [0, 0.05) is 6.54 Å². The smallest absolute Gasteiger partial charge is 0.289 e. The molecule has 0 bridgehead atoms. The number of morpholine rings is 1. The maximum atomic E-state index is 13.4. The summed E-state index contributed by atoms with van der Waals surface area (Å²) in [6.07, 6.45) is 6.03. The van der Waals surface area contributed by atoms with Crippen molar-refractivity contribution in [1.82, 2.24) is 10.2 Å². The van der Waals surface area contributed by atoms with Gasteiger partial charge in [0.2, 0.25) is 5.91 Å². The number of nitrogens with zero attached hydrogens (tertiary/aromatic N) is 1. The van der Waals surface area contributed by atoms with Crippen LogP contribution in [0.5, 0.6) is 17.2 Å². The lowest BCUT2D eigenvalue weighted by molar-refractivity contribution is -0.151. The maximum absolute atomic E-state index is 13.4. The average molecular weight is 495 g/mol. The number of carbonyl (C=O) groups excluding carboxylic acids is 2. The van der Waals surface area contributed by atoms with Crippen LogP contribution in [-0.2, 0) is 20.7 Å². The molecule has 2 aromatic rings. The van der Waals surface area contributed by atoms with E-state index in [1.165, 1.54) is 0 Å². The van der Waals surface area contributed by atoms with Crippen LogP contribution in [0.3, 0.4) is 0 Å². The van der Waals surface area contributed by atoms with E-state index in [-0.39, 0.29) is 36.3 Å². The molecular formula is C28H34N2O6. The number of carbonyl (C=O) groups is 2. The van der Waals surface area contributed by atoms with Crippen molar-refractivity contribution in [3.8, 4) is 17.2 Å². The molecule has 1 aliphatic heterocycles. The molecule has 2 fully saturated rings. The first-order chi connectivity index (χ1) is 17.5. The van der Waals surface area contributed by atoms with Gasteiger partial charge in [-0.3, -0.25) is 9.59 Å². The lowest BCUT2D eigenvalue weighted by atomic mass is 9.89. The highest BCUT2D eigenvalue weighted by Gasteiger charge is 2.42. The van der Waals surface area contributed by atoms with E-state index in [0.717, 1.165) is 36.8 Å². The van der Waals surface area contributed by atoms with Gasteiger partial charge in [-0.1, -0.05) is 24.6 Å². The molecule has 8 nitrogen and oxygen atoms in total. The van der Waals surface area contributed by atoms with E-state index in [4.69, 9.17) is 18.9 Å². The van der Waals surface area contributed by atoms with Crippen LogP contribution in [0.2, 0.25) is 0 Å². The van der Waals surface area contributed by atoms with Crippen LogP contribution in [-0.4, -0.2) is 63.3 Å². The summed E-state index contributed by atoms with van der Waals surface area (Å²) in [5, 5.41) is 2.96. The van der Waals surface area contributed by atoms with Crippen molar-refractivity contribution in [2.75, 3.05) is 34.4 Å². The van der Waals surface area contributed by atoms with Crippen molar-refractivity contribution in [3.63, 3.8) is 0 Å². The molecular weight excluding hydrogens is 460 g/mol. The highest BCUT2D eigenvalue weighted by molar-refractivity contribution is 5.98. The molecule has 2 aromatic carbocycles. The van der Waals surface area contributed by atoms with E-state index in [1.807, 2.05) is 42.5 Å². The van der Waals surface area contributed by atoms with Gasteiger partial charge in [-0.25, -0.2) is 0 Å². The third kappa shape index (κ3) is 5.93. The van der Waals surface area contributed by atoms with E-state index >= 15 is 0 Å². The largest absolute Gasteiger partial charge is 0.497 e. The summed E-state index contributed by atoms with van der Waals surface area (Å²) in [5.41, 5.74) is 1.83. The Hall–Kier alpha value is -3.68. The van der Waals surface area contributed by atoms with Crippen LogP contribution < -0.4 is 19.5 Å². The van der Waals surface area contributed by atoms with Gasteiger partial charge in [-0.15, -0.1) is 0 Å². The van der Waals surface area contributed by atoms with Gasteiger partial charge >= 0.3 is 0 Å². The first kappa shape index (κ1) is 25.4. The van der Waals surface area contributed by atoms with Crippen molar-refractivity contribution < 1.29 is 28.5 Å². The average Bonchev–Trinajstić information content (AvgIpc) is 2.91. The monoisotopic (exact) mass is 494 g/mol. The molecule has 2 amide bonds. The summed E-state index contributed by atoms with van der Waals surface area (Å²) in [5.74, 6) is 1.85. The van der Waals surface area contributed by atoms with Gasteiger partial charge < -0.3 is 29.2 Å². The fourth-order valence-electron chi connectivity index (χ4n) is 4.84. The molecule has 192 valence electrons. The van der Waals surface area contributed by atoms with E-state index in [2.05, 4.69) is 5.32 Å². The van der Waals surface area contributed by atoms with Gasteiger partial charge in [0.25, 0.3) is 5.91 Å².